The molecule has 0 unspecified atom stereocenters. The lowest BCUT2D eigenvalue weighted by Gasteiger charge is -2.56. The van der Waals surface area contributed by atoms with E-state index in [2.05, 4.69) is 5.32 Å². The van der Waals surface area contributed by atoms with Gasteiger partial charge < -0.3 is 10.2 Å². The second-order valence-corrected chi connectivity index (χ2v) is 11.0. The molecule has 4 nitrogen and oxygen atoms in total. The van der Waals surface area contributed by atoms with Crippen molar-refractivity contribution in [3.05, 3.63) is 29.8 Å². The van der Waals surface area contributed by atoms with E-state index in [1.54, 1.807) is 0 Å². The molecule has 6 rings (SSSR count). The second kappa shape index (κ2) is 7.98. The van der Waals surface area contributed by atoms with Crippen LogP contribution < -0.4 is 5.32 Å². The number of rotatable bonds is 6. The van der Waals surface area contributed by atoms with E-state index in [-0.39, 0.29) is 11.8 Å². The molecular weight excluding hydrogens is 380 g/mol. The molecular formula is C24H32N2O2S. The topological polar surface area (TPSA) is 49.4 Å². The Labute approximate surface area is 178 Å². The first-order valence-electron chi connectivity index (χ1n) is 11.4. The summed E-state index contributed by atoms with van der Waals surface area (Å²) in [5, 5.41) is 3.29. The van der Waals surface area contributed by atoms with Gasteiger partial charge in [-0.15, -0.1) is 11.8 Å². The third-order valence-corrected chi connectivity index (χ3v) is 8.79. The predicted octanol–water partition coefficient (Wildman–Crippen LogP) is 4.35. The molecule has 2 amide bonds. The summed E-state index contributed by atoms with van der Waals surface area (Å²) in [6, 6.07) is 7.75. The van der Waals surface area contributed by atoms with Crippen LogP contribution in [0.3, 0.4) is 0 Å². The molecule has 29 heavy (non-hydrogen) atoms. The maximum atomic E-state index is 13.0. The predicted molar refractivity (Wildman–Crippen MR) is 116 cm³/mol. The average Bonchev–Trinajstić information content (AvgIpc) is 3.24. The van der Waals surface area contributed by atoms with Gasteiger partial charge in [-0.1, -0.05) is 12.1 Å². The van der Waals surface area contributed by atoms with Crippen molar-refractivity contribution in [2.75, 3.05) is 25.4 Å². The normalized spacial score (nSPS) is 32.6. The molecule has 5 heteroatoms. The van der Waals surface area contributed by atoms with Gasteiger partial charge in [-0.05, 0) is 86.7 Å². The molecule has 1 aromatic carbocycles. The Balaban J connectivity index is 1.21. The van der Waals surface area contributed by atoms with Gasteiger partial charge in [-0.25, -0.2) is 0 Å². The molecule has 1 saturated heterocycles. The van der Waals surface area contributed by atoms with Gasteiger partial charge in [0.25, 0.3) is 5.91 Å². The number of carbonyl (C=O) groups excluding carboxylic acids is 2. The zero-order chi connectivity index (χ0) is 19.8. The summed E-state index contributed by atoms with van der Waals surface area (Å²) in [6.45, 7) is 2.58. The largest absolute Gasteiger partial charge is 0.351 e. The summed E-state index contributed by atoms with van der Waals surface area (Å²) in [4.78, 5) is 28.3. The Bertz CT molecular complexity index is 752. The van der Waals surface area contributed by atoms with Crippen LogP contribution in [0.1, 0.15) is 61.7 Å². The highest BCUT2D eigenvalue weighted by atomic mass is 32.2. The molecule has 1 aliphatic heterocycles. The molecule has 156 valence electrons. The second-order valence-electron chi connectivity index (χ2n) is 9.97. The molecule has 4 saturated carbocycles. The fourth-order valence-corrected chi connectivity index (χ4v) is 7.80. The molecule has 0 aromatic heterocycles. The number of hydrogen-bond donors (Lipinski definition) is 1. The summed E-state index contributed by atoms with van der Waals surface area (Å²) in [7, 11) is 0. The van der Waals surface area contributed by atoms with Crippen LogP contribution in [0.2, 0.25) is 0 Å². The minimum atomic E-state index is 0.0254. The monoisotopic (exact) mass is 412 g/mol. The zero-order valence-electron chi connectivity index (χ0n) is 17.2. The van der Waals surface area contributed by atoms with E-state index in [0.29, 0.717) is 11.2 Å². The summed E-state index contributed by atoms with van der Waals surface area (Å²) in [5.74, 6) is 3.33. The number of hydrogen-bond acceptors (Lipinski definition) is 3. The fraction of sp³-hybridized carbons (Fsp3) is 0.667. The lowest BCUT2D eigenvalue weighted by atomic mass is 9.49. The number of thioether (sulfide) groups is 1. The van der Waals surface area contributed by atoms with Gasteiger partial charge >= 0.3 is 0 Å². The van der Waals surface area contributed by atoms with E-state index < -0.39 is 0 Å². The Morgan fingerprint density at radius 1 is 1.00 bits per heavy atom. The van der Waals surface area contributed by atoms with Gasteiger partial charge in [-0.3, -0.25) is 9.59 Å². The van der Waals surface area contributed by atoms with Crippen molar-refractivity contribution < 1.29 is 9.59 Å². The Kier molecular flexibility index (Phi) is 5.35. The summed E-state index contributed by atoms with van der Waals surface area (Å²) >= 11 is 1.50. The van der Waals surface area contributed by atoms with Gasteiger partial charge in [0.2, 0.25) is 5.91 Å². The van der Waals surface area contributed by atoms with Crippen LogP contribution in [0.25, 0.3) is 0 Å². The standard InChI is InChI=1S/C24H32N2O2S/c27-22(26-7-3-4-8-26)15-29-21-6-2-1-5-20(21)23(28)25-16-24-12-17-9-18(13-24)11-19(10-17)14-24/h1-2,5-6,17-19H,3-4,7-16H2,(H,25,28). The minimum absolute atomic E-state index is 0.0254. The van der Waals surface area contributed by atoms with Crippen molar-refractivity contribution in [2.45, 2.75) is 56.3 Å². The molecule has 1 N–H and O–H groups in total. The van der Waals surface area contributed by atoms with E-state index in [1.807, 2.05) is 29.2 Å². The fourth-order valence-electron chi connectivity index (χ4n) is 6.85. The highest BCUT2D eigenvalue weighted by molar-refractivity contribution is 8.00. The van der Waals surface area contributed by atoms with E-state index in [9.17, 15) is 9.59 Å². The van der Waals surface area contributed by atoms with Crippen molar-refractivity contribution in [1.29, 1.82) is 0 Å². The van der Waals surface area contributed by atoms with E-state index in [0.717, 1.165) is 60.7 Å². The van der Waals surface area contributed by atoms with Crippen LogP contribution in [-0.2, 0) is 4.79 Å². The van der Waals surface area contributed by atoms with Crippen molar-refractivity contribution in [3.63, 3.8) is 0 Å². The van der Waals surface area contributed by atoms with Crippen LogP contribution in [0, 0.1) is 23.2 Å². The maximum absolute atomic E-state index is 13.0. The molecule has 5 aliphatic rings. The van der Waals surface area contributed by atoms with E-state index in [4.69, 9.17) is 0 Å². The number of carbonyl (C=O) groups is 2. The lowest BCUT2D eigenvalue weighted by Crippen LogP contribution is -2.51. The minimum Gasteiger partial charge on any atom is -0.351 e. The van der Waals surface area contributed by atoms with E-state index in [1.165, 1.54) is 50.3 Å². The van der Waals surface area contributed by atoms with Crippen molar-refractivity contribution in [1.82, 2.24) is 10.2 Å². The molecule has 0 spiro atoms. The molecule has 4 bridgehead atoms. The van der Waals surface area contributed by atoms with Crippen molar-refractivity contribution in [2.24, 2.45) is 23.2 Å². The van der Waals surface area contributed by atoms with Gasteiger partial charge in [0.1, 0.15) is 0 Å². The van der Waals surface area contributed by atoms with E-state index >= 15 is 0 Å². The first kappa shape index (κ1) is 19.5. The number of nitrogens with zero attached hydrogens (tertiary/aromatic N) is 1. The van der Waals surface area contributed by atoms with Crippen LogP contribution >= 0.6 is 11.8 Å². The number of nitrogens with one attached hydrogen (secondary N) is 1. The zero-order valence-corrected chi connectivity index (χ0v) is 18.0. The first-order valence-corrected chi connectivity index (χ1v) is 12.4. The van der Waals surface area contributed by atoms with Gasteiger partial charge in [0.15, 0.2) is 0 Å². The molecule has 1 aromatic rings. The molecule has 4 aliphatic carbocycles. The third-order valence-electron chi connectivity index (χ3n) is 7.73. The number of amides is 2. The summed E-state index contributed by atoms with van der Waals surface area (Å²) in [6.07, 6.45) is 10.4. The highest BCUT2D eigenvalue weighted by Crippen LogP contribution is 2.59. The Hall–Kier alpha value is -1.49. The smallest absolute Gasteiger partial charge is 0.252 e. The van der Waals surface area contributed by atoms with Gasteiger partial charge in [0.05, 0.1) is 11.3 Å². The third kappa shape index (κ3) is 4.08. The van der Waals surface area contributed by atoms with Crippen molar-refractivity contribution >= 4 is 23.6 Å². The summed E-state index contributed by atoms with van der Waals surface area (Å²) in [5.41, 5.74) is 1.06. The Morgan fingerprint density at radius 2 is 1.62 bits per heavy atom. The molecule has 0 atom stereocenters. The SMILES string of the molecule is O=C(NCC12CC3CC(CC(C3)C1)C2)c1ccccc1SCC(=O)N1CCCC1. The summed E-state index contributed by atoms with van der Waals surface area (Å²) < 4.78 is 0. The number of likely N-dealkylation sites (tertiary alicyclic amines) is 1. The van der Waals surface area contributed by atoms with Gasteiger partial charge in [0, 0.05) is 24.5 Å². The lowest BCUT2D eigenvalue weighted by molar-refractivity contribution is -0.127. The highest BCUT2D eigenvalue weighted by Gasteiger charge is 2.50. The van der Waals surface area contributed by atoms with Crippen LogP contribution in [0.4, 0.5) is 0 Å². The van der Waals surface area contributed by atoms with Gasteiger partial charge in [-0.2, -0.15) is 0 Å². The molecule has 5 fully saturated rings. The Morgan fingerprint density at radius 3 is 2.28 bits per heavy atom. The quantitative estimate of drug-likeness (QED) is 0.707. The van der Waals surface area contributed by atoms with Crippen molar-refractivity contribution in [3.8, 4) is 0 Å². The molecule has 0 radical (unpaired) electrons. The average molecular weight is 413 g/mol. The van der Waals surface area contributed by atoms with Crippen LogP contribution in [-0.4, -0.2) is 42.1 Å². The maximum Gasteiger partial charge on any atom is 0.252 e. The number of benzene rings is 1. The molecule has 1 heterocycles. The van der Waals surface area contributed by atoms with Crippen LogP contribution in [0.15, 0.2) is 29.2 Å². The van der Waals surface area contributed by atoms with Crippen LogP contribution in [0.5, 0.6) is 0 Å². The first-order chi connectivity index (χ1) is 14.1.